The normalized spacial score (nSPS) is 12.0. The summed E-state index contributed by atoms with van der Waals surface area (Å²) in [7, 11) is 0. The molecule has 0 fully saturated rings. The van der Waals surface area contributed by atoms with Crippen LogP contribution < -0.4 is 4.74 Å². The average molecular weight is 262 g/mol. The number of hydrogen-bond donors (Lipinski definition) is 0. The van der Waals surface area contributed by atoms with Crippen molar-refractivity contribution >= 4 is 11.6 Å². The SMILES string of the molecule is Cc1nc(C(F)F)cc(Cl)c1OC(F)(F)F. The molecule has 0 aromatic carbocycles. The Morgan fingerprint density at radius 1 is 1.38 bits per heavy atom. The molecule has 2 nitrogen and oxygen atoms in total. The highest BCUT2D eigenvalue weighted by atomic mass is 35.5. The van der Waals surface area contributed by atoms with Gasteiger partial charge < -0.3 is 4.74 Å². The monoisotopic (exact) mass is 261 g/mol. The van der Waals surface area contributed by atoms with E-state index in [1.165, 1.54) is 0 Å². The molecule has 16 heavy (non-hydrogen) atoms. The van der Waals surface area contributed by atoms with Crippen molar-refractivity contribution in [2.45, 2.75) is 19.7 Å². The van der Waals surface area contributed by atoms with Gasteiger partial charge in [-0.3, -0.25) is 0 Å². The Labute approximate surface area is 92.0 Å². The van der Waals surface area contributed by atoms with Crippen molar-refractivity contribution in [1.29, 1.82) is 0 Å². The second kappa shape index (κ2) is 4.40. The van der Waals surface area contributed by atoms with Gasteiger partial charge in [-0.15, -0.1) is 13.2 Å². The molecule has 0 bridgehead atoms. The van der Waals surface area contributed by atoms with Gasteiger partial charge in [-0.25, -0.2) is 13.8 Å². The fraction of sp³-hybridized carbons (Fsp3) is 0.375. The van der Waals surface area contributed by atoms with Crippen molar-refractivity contribution < 1.29 is 26.7 Å². The van der Waals surface area contributed by atoms with Gasteiger partial charge in [0.05, 0.1) is 10.7 Å². The molecule has 1 rings (SSSR count). The number of aromatic nitrogens is 1. The third-order valence-corrected chi connectivity index (χ3v) is 1.84. The van der Waals surface area contributed by atoms with Gasteiger partial charge in [0.25, 0.3) is 6.43 Å². The minimum absolute atomic E-state index is 0.347. The molecule has 1 aromatic heterocycles. The highest BCUT2D eigenvalue weighted by molar-refractivity contribution is 6.32. The standard InChI is InChI=1S/C8H5ClF5NO/c1-3-6(16-8(12,13)14)4(9)2-5(15-3)7(10)11/h2,7H,1H3. The summed E-state index contributed by atoms with van der Waals surface area (Å²) in [5, 5.41) is -0.555. The molecule has 1 heterocycles. The number of rotatable bonds is 2. The molecule has 8 heteroatoms. The maximum Gasteiger partial charge on any atom is 0.573 e. The van der Waals surface area contributed by atoms with Crippen LogP contribution in [0.3, 0.4) is 0 Å². The highest BCUT2D eigenvalue weighted by Gasteiger charge is 2.33. The number of hydrogen-bond acceptors (Lipinski definition) is 2. The van der Waals surface area contributed by atoms with Crippen LogP contribution in [0.1, 0.15) is 17.8 Å². The van der Waals surface area contributed by atoms with Gasteiger partial charge in [0.1, 0.15) is 5.69 Å². The lowest BCUT2D eigenvalue weighted by molar-refractivity contribution is -0.274. The van der Waals surface area contributed by atoms with Gasteiger partial charge in [0, 0.05) is 0 Å². The summed E-state index contributed by atoms with van der Waals surface area (Å²) in [6.07, 6.45) is -7.85. The van der Waals surface area contributed by atoms with Crippen LogP contribution in [0.2, 0.25) is 5.02 Å². The molecule has 0 atom stereocenters. The zero-order valence-electron chi connectivity index (χ0n) is 7.78. The number of ether oxygens (including phenoxy) is 1. The fourth-order valence-corrected chi connectivity index (χ4v) is 1.28. The maximum absolute atomic E-state index is 12.2. The van der Waals surface area contributed by atoms with Gasteiger partial charge in [0.15, 0.2) is 5.75 Å². The predicted molar refractivity (Wildman–Crippen MR) is 45.6 cm³/mol. The average Bonchev–Trinajstić information content (AvgIpc) is 2.09. The van der Waals surface area contributed by atoms with Crippen LogP contribution in [0.25, 0.3) is 0 Å². The van der Waals surface area contributed by atoms with E-state index in [1.54, 1.807) is 0 Å². The predicted octanol–water partition coefficient (Wildman–Crippen LogP) is 3.88. The van der Waals surface area contributed by atoms with Crippen molar-refractivity contribution in [2.24, 2.45) is 0 Å². The van der Waals surface area contributed by atoms with E-state index in [-0.39, 0.29) is 5.69 Å². The summed E-state index contributed by atoms with van der Waals surface area (Å²) in [5.41, 5.74) is -1.04. The second-order valence-electron chi connectivity index (χ2n) is 2.79. The van der Waals surface area contributed by atoms with Crippen molar-refractivity contribution in [3.8, 4) is 5.75 Å². The Hall–Kier alpha value is -1.11. The third kappa shape index (κ3) is 3.19. The first-order valence-corrected chi connectivity index (χ1v) is 4.29. The Bertz CT molecular complexity index is 370. The number of aryl methyl sites for hydroxylation is 1. The lowest BCUT2D eigenvalue weighted by atomic mass is 10.3. The first-order valence-electron chi connectivity index (χ1n) is 3.91. The van der Waals surface area contributed by atoms with Crippen LogP contribution in [0, 0.1) is 6.92 Å². The van der Waals surface area contributed by atoms with Crippen LogP contribution in [0.5, 0.6) is 5.75 Å². The number of alkyl halides is 5. The number of halogens is 6. The van der Waals surface area contributed by atoms with E-state index in [1.807, 2.05) is 0 Å². The highest BCUT2D eigenvalue weighted by Crippen LogP contribution is 2.34. The number of nitrogens with zero attached hydrogens (tertiary/aromatic N) is 1. The fourth-order valence-electron chi connectivity index (χ4n) is 0.995. The van der Waals surface area contributed by atoms with Crippen molar-refractivity contribution in [2.75, 3.05) is 0 Å². The van der Waals surface area contributed by atoms with Gasteiger partial charge in [-0.05, 0) is 13.0 Å². The van der Waals surface area contributed by atoms with Crippen LogP contribution >= 0.6 is 11.6 Å². The molecule has 0 unspecified atom stereocenters. The Balaban J connectivity index is 3.13. The summed E-state index contributed by atoms with van der Waals surface area (Å²) in [5.74, 6) is -0.765. The largest absolute Gasteiger partial charge is 0.573 e. The van der Waals surface area contributed by atoms with E-state index in [0.717, 1.165) is 6.92 Å². The van der Waals surface area contributed by atoms with Crippen LogP contribution in [0.4, 0.5) is 22.0 Å². The first kappa shape index (κ1) is 13.0. The minimum Gasteiger partial charge on any atom is -0.402 e. The molecule has 0 aliphatic carbocycles. The number of pyridine rings is 1. The Morgan fingerprint density at radius 3 is 2.31 bits per heavy atom. The van der Waals surface area contributed by atoms with Crippen LogP contribution in [0.15, 0.2) is 6.07 Å². The zero-order valence-corrected chi connectivity index (χ0v) is 8.53. The third-order valence-electron chi connectivity index (χ3n) is 1.56. The van der Waals surface area contributed by atoms with Gasteiger partial charge in [-0.1, -0.05) is 11.6 Å². The van der Waals surface area contributed by atoms with Crippen LogP contribution in [-0.2, 0) is 0 Å². The Morgan fingerprint density at radius 2 is 1.94 bits per heavy atom. The smallest absolute Gasteiger partial charge is 0.402 e. The summed E-state index contributed by atoms with van der Waals surface area (Å²) in [4.78, 5) is 3.26. The molecule has 1 aromatic rings. The molecule has 0 radical (unpaired) electrons. The van der Waals surface area contributed by atoms with Crippen LogP contribution in [-0.4, -0.2) is 11.3 Å². The molecule has 0 aliphatic heterocycles. The molecule has 0 N–H and O–H groups in total. The molecule has 0 amide bonds. The van der Waals surface area contributed by atoms with E-state index in [4.69, 9.17) is 11.6 Å². The molecule has 0 saturated heterocycles. The summed E-state index contributed by atoms with van der Waals surface area (Å²) >= 11 is 5.39. The molecular formula is C8H5ClF5NO. The lowest BCUT2D eigenvalue weighted by Gasteiger charge is -2.13. The van der Waals surface area contributed by atoms with Gasteiger partial charge in [-0.2, -0.15) is 0 Å². The Kier molecular flexibility index (Phi) is 3.57. The molecule has 0 spiro atoms. The van der Waals surface area contributed by atoms with E-state index >= 15 is 0 Å². The molecular weight excluding hydrogens is 257 g/mol. The van der Waals surface area contributed by atoms with E-state index in [9.17, 15) is 22.0 Å². The minimum atomic E-state index is -4.94. The van der Waals surface area contributed by atoms with Crippen molar-refractivity contribution in [1.82, 2.24) is 4.98 Å². The summed E-state index contributed by atoms with van der Waals surface area (Å²) in [6.45, 7) is 1.10. The van der Waals surface area contributed by atoms with E-state index in [0.29, 0.717) is 6.07 Å². The lowest BCUT2D eigenvalue weighted by Crippen LogP contribution is -2.18. The van der Waals surface area contributed by atoms with Crippen molar-refractivity contribution in [3.63, 3.8) is 0 Å². The van der Waals surface area contributed by atoms with Gasteiger partial charge in [0.2, 0.25) is 0 Å². The van der Waals surface area contributed by atoms with Gasteiger partial charge >= 0.3 is 6.36 Å². The molecule has 0 saturated carbocycles. The maximum atomic E-state index is 12.2. The first-order chi connectivity index (χ1) is 7.20. The quantitative estimate of drug-likeness (QED) is 0.754. The summed E-state index contributed by atoms with van der Waals surface area (Å²) < 4.78 is 63.7. The second-order valence-corrected chi connectivity index (χ2v) is 3.20. The summed E-state index contributed by atoms with van der Waals surface area (Å²) in [6, 6.07) is 0.639. The van der Waals surface area contributed by atoms with Crippen molar-refractivity contribution in [3.05, 3.63) is 22.5 Å². The zero-order chi connectivity index (χ0) is 12.5. The molecule has 0 aliphatic rings. The van der Waals surface area contributed by atoms with E-state index < -0.39 is 29.3 Å². The topological polar surface area (TPSA) is 22.1 Å². The molecule has 90 valence electrons. The van der Waals surface area contributed by atoms with E-state index in [2.05, 4.69) is 9.72 Å².